The molecule has 1 aromatic carbocycles. The van der Waals surface area contributed by atoms with Crippen LogP contribution in [0.5, 0.6) is 11.5 Å². The molecule has 1 saturated heterocycles. The van der Waals surface area contributed by atoms with Gasteiger partial charge in [0.25, 0.3) is 0 Å². The molecule has 0 radical (unpaired) electrons. The Morgan fingerprint density at radius 2 is 1.80 bits per heavy atom. The van der Waals surface area contributed by atoms with Crippen molar-refractivity contribution in [3.05, 3.63) is 23.8 Å². The monoisotopic (exact) mass is 414 g/mol. The van der Waals surface area contributed by atoms with Gasteiger partial charge in [0.15, 0.2) is 11.5 Å². The van der Waals surface area contributed by atoms with Crippen LogP contribution in [-0.4, -0.2) is 49.6 Å². The Balaban J connectivity index is 1.25. The Kier molecular flexibility index (Phi) is 6.49. The van der Waals surface area contributed by atoms with Crippen LogP contribution in [0.25, 0.3) is 0 Å². The van der Waals surface area contributed by atoms with Crippen LogP contribution in [-0.2, 0) is 16.0 Å². The van der Waals surface area contributed by atoms with Gasteiger partial charge in [-0.25, -0.2) is 0 Å². The van der Waals surface area contributed by atoms with Crippen molar-refractivity contribution in [1.29, 1.82) is 0 Å². The highest BCUT2D eigenvalue weighted by atomic mass is 16.5. The van der Waals surface area contributed by atoms with Crippen molar-refractivity contribution in [3.63, 3.8) is 0 Å². The number of methoxy groups -OCH3 is 1. The number of nitrogens with one attached hydrogen (secondary N) is 1. The molecule has 0 bridgehead atoms. The molecule has 1 atom stereocenters. The number of likely N-dealkylation sites (tertiary alicyclic amines) is 1. The van der Waals surface area contributed by atoms with Crippen molar-refractivity contribution < 1.29 is 19.1 Å². The van der Waals surface area contributed by atoms with E-state index in [0.717, 1.165) is 74.6 Å². The standard InChI is InChI=1S/C24H34N2O4/c1-16-10-12-26(13-11-16)24(28)17-6-8-20(9-7-17)25-23(27)19-14-18-4-3-5-21(29-2)22(18)30-15-19/h3-5,16-17,19-20H,6-15H2,1-2H3,(H,25,27). The molecular weight excluding hydrogens is 380 g/mol. The smallest absolute Gasteiger partial charge is 0.227 e. The quantitative estimate of drug-likeness (QED) is 0.822. The van der Waals surface area contributed by atoms with Crippen LogP contribution < -0.4 is 14.8 Å². The molecule has 2 aliphatic heterocycles. The molecule has 164 valence electrons. The summed E-state index contributed by atoms with van der Waals surface area (Å²) >= 11 is 0. The lowest BCUT2D eigenvalue weighted by Crippen LogP contribution is -2.46. The van der Waals surface area contributed by atoms with E-state index in [1.54, 1.807) is 7.11 Å². The number of hydrogen-bond acceptors (Lipinski definition) is 4. The first-order valence-corrected chi connectivity index (χ1v) is 11.4. The van der Waals surface area contributed by atoms with Gasteiger partial charge in [-0.1, -0.05) is 19.1 Å². The predicted molar refractivity (Wildman–Crippen MR) is 115 cm³/mol. The van der Waals surface area contributed by atoms with Gasteiger partial charge >= 0.3 is 0 Å². The third-order valence-corrected chi connectivity index (χ3v) is 7.06. The summed E-state index contributed by atoms with van der Waals surface area (Å²) in [5.41, 5.74) is 1.02. The molecule has 30 heavy (non-hydrogen) atoms. The van der Waals surface area contributed by atoms with Gasteiger partial charge in [-0.15, -0.1) is 0 Å². The highest BCUT2D eigenvalue weighted by Gasteiger charge is 2.33. The minimum atomic E-state index is -0.181. The first-order chi connectivity index (χ1) is 14.5. The van der Waals surface area contributed by atoms with E-state index >= 15 is 0 Å². The van der Waals surface area contributed by atoms with Crippen molar-refractivity contribution in [2.75, 3.05) is 26.8 Å². The Labute approximate surface area is 179 Å². The fraction of sp³-hybridized carbons (Fsp3) is 0.667. The third-order valence-electron chi connectivity index (χ3n) is 7.06. The largest absolute Gasteiger partial charge is 0.493 e. The van der Waals surface area contributed by atoms with Crippen LogP contribution in [0.2, 0.25) is 0 Å². The Morgan fingerprint density at radius 1 is 1.07 bits per heavy atom. The fourth-order valence-electron chi connectivity index (χ4n) is 5.01. The van der Waals surface area contributed by atoms with Gasteiger partial charge in [0.05, 0.1) is 13.0 Å². The van der Waals surface area contributed by atoms with Crippen LogP contribution >= 0.6 is 0 Å². The van der Waals surface area contributed by atoms with Gasteiger partial charge < -0.3 is 19.7 Å². The zero-order valence-corrected chi connectivity index (χ0v) is 18.2. The van der Waals surface area contributed by atoms with Crippen LogP contribution in [0.15, 0.2) is 18.2 Å². The number of nitrogens with zero attached hydrogens (tertiary/aromatic N) is 1. The Bertz CT molecular complexity index is 764. The summed E-state index contributed by atoms with van der Waals surface area (Å²) in [5, 5.41) is 3.22. The first kappa shape index (κ1) is 21.0. The van der Waals surface area contributed by atoms with Crippen LogP contribution in [0.1, 0.15) is 51.0 Å². The minimum Gasteiger partial charge on any atom is -0.493 e. The van der Waals surface area contributed by atoms with Crippen molar-refractivity contribution >= 4 is 11.8 Å². The van der Waals surface area contributed by atoms with E-state index in [2.05, 4.69) is 17.1 Å². The highest BCUT2D eigenvalue weighted by Crippen LogP contribution is 2.36. The number of hydrogen-bond donors (Lipinski definition) is 1. The molecule has 1 saturated carbocycles. The summed E-state index contributed by atoms with van der Waals surface area (Å²) in [5.74, 6) is 2.55. The zero-order chi connectivity index (χ0) is 21.1. The number of fused-ring (bicyclic) bond motifs is 1. The second kappa shape index (κ2) is 9.27. The second-order valence-electron chi connectivity index (χ2n) is 9.23. The summed E-state index contributed by atoms with van der Waals surface area (Å²) in [4.78, 5) is 27.7. The highest BCUT2D eigenvalue weighted by molar-refractivity contribution is 5.81. The van der Waals surface area contributed by atoms with Crippen molar-refractivity contribution in [1.82, 2.24) is 10.2 Å². The lowest BCUT2D eigenvalue weighted by molar-refractivity contribution is -0.138. The van der Waals surface area contributed by atoms with E-state index in [0.29, 0.717) is 18.9 Å². The van der Waals surface area contributed by atoms with E-state index < -0.39 is 0 Å². The first-order valence-electron chi connectivity index (χ1n) is 11.4. The molecule has 1 N–H and O–H groups in total. The molecule has 1 aromatic rings. The second-order valence-corrected chi connectivity index (χ2v) is 9.23. The molecule has 2 fully saturated rings. The van der Waals surface area contributed by atoms with Crippen LogP contribution in [0, 0.1) is 17.8 Å². The van der Waals surface area contributed by atoms with Crippen LogP contribution in [0.4, 0.5) is 0 Å². The maximum absolute atomic E-state index is 12.8. The van der Waals surface area contributed by atoms with E-state index in [1.807, 2.05) is 18.2 Å². The van der Waals surface area contributed by atoms with Gasteiger partial charge in [-0.2, -0.15) is 0 Å². The maximum Gasteiger partial charge on any atom is 0.227 e. The van der Waals surface area contributed by atoms with E-state index in [-0.39, 0.29) is 23.8 Å². The number of ether oxygens (including phenoxy) is 2. The van der Waals surface area contributed by atoms with Crippen molar-refractivity contribution in [2.45, 2.75) is 57.9 Å². The molecule has 2 heterocycles. The predicted octanol–water partition coefficient (Wildman–Crippen LogP) is 3.18. The van der Waals surface area contributed by atoms with Gasteiger partial charge in [0.1, 0.15) is 6.61 Å². The maximum atomic E-state index is 12.8. The molecule has 4 rings (SSSR count). The zero-order valence-electron chi connectivity index (χ0n) is 18.2. The van der Waals surface area contributed by atoms with Gasteiger partial charge in [-0.05, 0) is 62.5 Å². The average Bonchev–Trinajstić information content (AvgIpc) is 2.78. The number of benzene rings is 1. The molecule has 2 amide bonds. The van der Waals surface area contributed by atoms with Crippen LogP contribution in [0.3, 0.4) is 0 Å². The molecule has 3 aliphatic rings. The number of carbonyl (C=O) groups is 2. The summed E-state index contributed by atoms with van der Waals surface area (Å²) in [7, 11) is 1.63. The summed E-state index contributed by atoms with van der Waals surface area (Å²) in [6.45, 7) is 4.46. The molecule has 0 aromatic heterocycles. The van der Waals surface area contributed by atoms with Crippen molar-refractivity contribution in [3.8, 4) is 11.5 Å². The third kappa shape index (κ3) is 4.57. The van der Waals surface area contributed by atoms with E-state index in [9.17, 15) is 9.59 Å². The molecule has 6 heteroatoms. The number of rotatable bonds is 4. The number of para-hydroxylation sites is 1. The van der Waals surface area contributed by atoms with E-state index in [4.69, 9.17) is 9.47 Å². The molecular formula is C24H34N2O4. The SMILES string of the molecule is COc1cccc2c1OCC(C(=O)NC1CCC(C(=O)N3CCC(C)CC3)CC1)C2. The van der Waals surface area contributed by atoms with Gasteiger partial charge in [-0.3, -0.25) is 9.59 Å². The number of carbonyl (C=O) groups excluding carboxylic acids is 2. The Hall–Kier alpha value is -2.24. The summed E-state index contributed by atoms with van der Waals surface area (Å²) < 4.78 is 11.2. The molecule has 6 nitrogen and oxygen atoms in total. The van der Waals surface area contributed by atoms with Gasteiger partial charge in [0.2, 0.25) is 11.8 Å². The molecule has 0 spiro atoms. The van der Waals surface area contributed by atoms with Gasteiger partial charge in [0, 0.05) is 25.0 Å². The Morgan fingerprint density at radius 3 is 2.50 bits per heavy atom. The normalized spacial score (nSPS) is 27.0. The topological polar surface area (TPSA) is 67.9 Å². The average molecular weight is 415 g/mol. The lowest BCUT2D eigenvalue weighted by Gasteiger charge is -2.36. The molecule has 1 aliphatic carbocycles. The molecule has 1 unspecified atom stereocenters. The minimum absolute atomic E-state index is 0.0586. The number of piperidine rings is 1. The lowest BCUT2D eigenvalue weighted by atomic mass is 9.84. The summed E-state index contributed by atoms with van der Waals surface area (Å²) in [6.07, 6.45) is 6.41. The van der Waals surface area contributed by atoms with E-state index in [1.165, 1.54) is 0 Å². The fourth-order valence-corrected chi connectivity index (χ4v) is 5.01. The number of amides is 2. The summed E-state index contributed by atoms with van der Waals surface area (Å²) in [6, 6.07) is 5.97. The van der Waals surface area contributed by atoms with Crippen molar-refractivity contribution in [2.24, 2.45) is 17.8 Å².